The van der Waals surface area contributed by atoms with Crippen molar-refractivity contribution in [1.82, 2.24) is 0 Å². The standard InChI is InChI=1S/C10H18O6.2C2H5.2Zn/c1-5(2)15-9(13)7(11)8(12)10(14)16-6(3)4;2*1-2;;/h5-8,11-12H,1-4H3;2*1H2,2H3;;/q;2*-1;;/t7-,8-;;;;/m1..../s1. The van der Waals surface area contributed by atoms with Gasteiger partial charge in [0, 0.05) is 39.0 Å². The first-order valence-corrected chi connectivity index (χ1v) is 6.44. The second-order valence-electron chi connectivity index (χ2n) is 3.86. The van der Waals surface area contributed by atoms with Crippen LogP contribution < -0.4 is 0 Å². The van der Waals surface area contributed by atoms with Gasteiger partial charge in [-0.15, -0.1) is 0 Å². The van der Waals surface area contributed by atoms with E-state index in [2.05, 4.69) is 23.3 Å². The molecule has 8 heteroatoms. The molecule has 0 aromatic heterocycles. The summed E-state index contributed by atoms with van der Waals surface area (Å²) >= 11 is 0. The molecule has 2 N–H and O–H groups in total. The monoisotopic (exact) mass is 420 g/mol. The average Bonchev–Trinajstić information content (AvgIpc) is 2.40. The van der Waals surface area contributed by atoms with Crippen molar-refractivity contribution < 1.29 is 68.2 Å². The Bertz CT molecular complexity index is 234. The van der Waals surface area contributed by atoms with E-state index in [1.165, 1.54) is 0 Å². The van der Waals surface area contributed by atoms with E-state index >= 15 is 0 Å². The molecular formula is C14H28O6Zn2-2. The van der Waals surface area contributed by atoms with E-state index in [9.17, 15) is 19.8 Å². The second-order valence-corrected chi connectivity index (χ2v) is 3.86. The Morgan fingerprint density at radius 2 is 0.909 bits per heavy atom. The fourth-order valence-electron chi connectivity index (χ4n) is 0.862. The molecule has 0 heterocycles. The SMILES string of the molecule is CC(C)OC(=O)[C@H](O)[C@@H](O)C(=O)OC(C)C.[CH2-]C.[CH2-]C.[Zn].[Zn]. The van der Waals surface area contributed by atoms with Crippen LogP contribution in [0.1, 0.15) is 41.5 Å². The van der Waals surface area contributed by atoms with Gasteiger partial charge in [-0.3, -0.25) is 0 Å². The van der Waals surface area contributed by atoms with Crippen LogP contribution >= 0.6 is 0 Å². The fraction of sp³-hybridized carbons (Fsp3) is 0.714. The molecule has 0 fully saturated rings. The van der Waals surface area contributed by atoms with Crippen LogP contribution in [0.4, 0.5) is 0 Å². The molecule has 126 valence electrons. The Morgan fingerprint density at radius 1 is 0.727 bits per heavy atom. The van der Waals surface area contributed by atoms with Crippen LogP contribution in [-0.2, 0) is 58.0 Å². The van der Waals surface area contributed by atoms with Gasteiger partial charge in [-0.05, 0) is 27.7 Å². The second kappa shape index (κ2) is 21.1. The summed E-state index contributed by atoms with van der Waals surface area (Å²) in [6.45, 7) is 16.3. The first-order chi connectivity index (χ1) is 9.25. The van der Waals surface area contributed by atoms with E-state index in [0.717, 1.165) is 0 Å². The average molecular weight is 423 g/mol. The van der Waals surface area contributed by atoms with Crippen molar-refractivity contribution >= 4 is 11.9 Å². The molecule has 0 saturated heterocycles. The van der Waals surface area contributed by atoms with Crippen LogP contribution in [0.25, 0.3) is 0 Å². The molecule has 6 nitrogen and oxygen atoms in total. The quantitative estimate of drug-likeness (QED) is 0.394. The first kappa shape index (κ1) is 33.7. The van der Waals surface area contributed by atoms with Gasteiger partial charge in [0.2, 0.25) is 0 Å². The third kappa shape index (κ3) is 18.2. The van der Waals surface area contributed by atoms with E-state index in [1.54, 1.807) is 41.5 Å². The molecule has 0 bridgehead atoms. The Kier molecular flexibility index (Phi) is 32.3. The van der Waals surface area contributed by atoms with Crippen LogP contribution in [0.2, 0.25) is 0 Å². The van der Waals surface area contributed by atoms with Gasteiger partial charge >= 0.3 is 11.9 Å². The predicted molar refractivity (Wildman–Crippen MR) is 76.5 cm³/mol. The normalized spacial score (nSPS) is 11.3. The van der Waals surface area contributed by atoms with E-state index in [4.69, 9.17) is 0 Å². The predicted octanol–water partition coefficient (Wildman–Crippen LogP) is 1.29. The number of aliphatic hydroxyl groups is 2. The van der Waals surface area contributed by atoms with Crippen molar-refractivity contribution in [1.29, 1.82) is 0 Å². The Balaban J connectivity index is -0.000000147. The van der Waals surface area contributed by atoms with Crippen LogP contribution in [0.3, 0.4) is 0 Å². The molecule has 0 aromatic rings. The number of aliphatic hydroxyl groups excluding tert-OH is 2. The summed E-state index contributed by atoms with van der Waals surface area (Å²) in [5, 5.41) is 18.6. The van der Waals surface area contributed by atoms with Crippen molar-refractivity contribution in [3.8, 4) is 0 Å². The van der Waals surface area contributed by atoms with E-state index in [0.29, 0.717) is 0 Å². The van der Waals surface area contributed by atoms with Crippen molar-refractivity contribution in [3.05, 3.63) is 13.8 Å². The van der Waals surface area contributed by atoms with E-state index in [-0.39, 0.29) is 39.0 Å². The van der Waals surface area contributed by atoms with E-state index < -0.39 is 36.4 Å². The van der Waals surface area contributed by atoms with Crippen molar-refractivity contribution in [2.24, 2.45) is 0 Å². The minimum absolute atomic E-state index is 0. The molecule has 2 atom stereocenters. The van der Waals surface area contributed by atoms with Gasteiger partial charge in [0.05, 0.1) is 12.2 Å². The summed E-state index contributed by atoms with van der Waals surface area (Å²) < 4.78 is 9.26. The number of carbonyl (C=O) groups excluding carboxylic acids is 2. The van der Waals surface area contributed by atoms with Gasteiger partial charge in [0.15, 0.2) is 12.2 Å². The summed E-state index contributed by atoms with van der Waals surface area (Å²) in [7, 11) is 0. The van der Waals surface area contributed by atoms with Crippen molar-refractivity contribution in [3.63, 3.8) is 0 Å². The molecule has 0 amide bonds. The molecule has 0 aromatic carbocycles. The van der Waals surface area contributed by atoms with Crippen molar-refractivity contribution in [2.75, 3.05) is 0 Å². The maximum atomic E-state index is 11.1. The number of esters is 2. The molecule has 0 aliphatic heterocycles. The van der Waals surface area contributed by atoms with Gasteiger partial charge in [0.1, 0.15) is 0 Å². The van der Waals surface area contributed by atoms with Crippen LogP contribution in [0, 0.1) is 13.8 Å². The van der Waals surface area contributed by atoms with Crippen molar-refractivity contribution in [2.45, 2.75) is 66.0 Å². The summed E-state index contributed by atoms with van der Waals surface area (Å²) in [4.78, 5) is 22.3. The van der Waals surface area contributed by atoms with E-state index in [1.807, 2.05) is 0 Å². The van der Waals surface area contributed by atoms with Crippen LogP contribution in [0.5, 0.6) is 0 Å². The summed E-state index contributed by atoms with van der Waals surface area (Å²) in [5.41, 5.74) is 0. The minimum atomic E-state index is -1.92. The zero-order valence-electron chi connectivity index (χ0n) is 14.7. The van der Waals surface area contributed by atoms with Gasteiger partial charge in [-0.1, -0.05) is 0 Å². The summed E-state index contributed by atoms with van der Waals surface area (Å²) in [6.07, 6.45) is -4.71. The summed E-state index contributed by atoms with van der Waals surface area (Å²) in [5.74, 6) is -2.11. The molecule has 22 heavy (non-hydrogen) atoms. The molecule has 0 aliphatic carbocycles. The van der Waals surface area contributed by atoms with Crippen LogP contribution in [-0.4, -0.2) is 46.6 Å². The number of carbonyl (C=O) groups is 2. The molecule has 0 radical (unpaired) electrons. The third-order valence-corrected chi connectivity index (χ3v) is 1.49. The van der Waals surface area contributed by atoms with Gasteiger partial charge < -0.3 is 33.5 Å². The maximum Gasteiger partial charge on any atom is 0.338 e. The zero-order valence-corrected chi connectivity index (χ0v) is 20.6. The topological polar surface area (TPSA) is 93.1 Å². The molecule has 0 unspecified atom stereocenters. The Morgan fingerprint density at radius 3 is 1.05 bits per heavy atom. The number of hydrogen-bond donors (Lipinski definition) is 2. The summed E-state index contributed by atoms with van der Waals surface area (Å²) in [6, 6.07) is 0. The maximum absolute atomic E-state index is 11.1. The zero-order chi connectivity index (χ0) is 16.9. The minimum Gasteiger partial charge on any atom is -0.461 e. The molecular weight excluding hydrogens is 395 g/mol. The molecule has 0 spiro atoms. The Labute approximate surface area is 159 Å². The number of hydrogen-bond acceptors (Lipinski definition) is 6. The van der Waals surface area contributed by atoms with Crippen LogP contribution in [0.15, 0.2) is 0 Å². The van der Waals surface area contributed by atoms with Gasteiger partial charge in [0.25, 0.3) is 0 Å². The molecule has 0 saturated carbocycles. The Hall–Kier alpha value is 0.107. The number of rotatable bonds is 5. The molecule has 0 aliphatic rings. The third-order valence-electron chi connectivity index (χ3n) is 1.49. The first-order valence-electron chi connectivity index (χ1n) is 6.44. The number of ether oxygens (including phenoxy) is 2. The van der Waals surface area contributed by atoms with Gasteiger partial charge in [-0.25, -0.2) is 9.59 Å². The smallest absolute Gasteiger partial charge is 0.338 e. The fourth-order valence-corrected chi connectivity index (χ4v) is 0.862. The largest absolute Gasteiger partial charge is 0.461 e. The molecule has 0 rings (SSSR count). The van der Waals surface area contributed by atoms with Gasteiger partial charge in [-0.2, -0.15) is 13.8 Å².